The van der Waals surface area contributed by atoms with Gasteiger partial charge >= 0.3 is 0 Å². The van der Waals surface area contributed by atoms with Crippen LogP contribution in [-0.4, -0.2) is 64.9 Å². The van der Waals surface area contributed by atoms with Gasteiger partial charge in [0.15, 0.2) is 5.82 Å². The third kappa shape index (κ3) is 5.04. The molecule has 1 amide bonds. The van der Waals surface area contributed by atoms with Gasteiger partial charge in [-0.1, -0.05) is 50.6 Å². The zero-order valence-electron chi connectivity index (χ0n) is 16.3. The van der Waals surface area contributed by atoms with E-state index in [1.165, 1.54) is 0 Å². The van der Waals surface area contributed by atoms with Gasteiger partial charge in [-0.25, -0.2) is 9.97 Å². The van der Waals surface area contributed by atoms with Gasteiger partial charge in [0.1, 0.15) is 11.5 Å². The van der Waals surface area contributed by atoms with E-state index in [1.807, 2.05) is 35.2 Å². The Hall–Kier alpha value is -2.47. The van der Waals surface area contributed by atoms with Crippen LogP contribution >= 0.6 is 0 Å². The van der Waals surface area contributed by atoms with Gasteiger partial charge in [-0.15, -0.1) is 0 Å². The molecule has 0 radical (unpaired) electrons. The number of piperazine rings is 1. The van der Waals surface area contributed by atoms with Crippen molar-refractivity contribution in [1.82, 2.24) is 19.8 Å². The fraction of sp³-hybridized carbons (Fsp3) is 0.476. The first-order chi connectivity index (χ1) is 13.2. The van der Waals surface area contributed by atoms with Crippen molar-refractivity contribution in [3.63, 3.8) is 0 Å². The summed E-state index contributed by atoms with van der Waals surface area (Å²) in [5.41, 5.74) is 1.38. The second-order valence-corrected chi connectivity index (χ2v) is 6.83. The SMILES string of the molecule is CCCCNc1cc(C(=O)N2CCN(CC)CC2)nc(-c2ccccc2)n1. The molecule has 1 aromatic carbocycles. The fourth-order valence-electron chi connectivity index (χ4n) is 3.19. The van der Waals surface area contributed by atoms with Crippen molar-refractivity contribution in [2.24, 2.45) is 0 Å². The molecule has 27 heavy (non-hydrogen) atoms. The second kappa shape index (κ2) is 9.46. The van der Waals surface area contributed by atoms with Crippen LogP contribution in [0.4, 0.5) is 5.82 Å². The lowest BCUT2D eigenvalue weighted by Gasteiger charge is -2.33. The summed E-state index contributed by atoms with van der Waals surface area (Å²) in [5.74, 6) is 1.30. The molecule has 1 aliphatic heterocycles. The zero-order valence-corrected chi connectivity index (χ0v) is 16.3. The van der Waals surface area contributed by atoms with E-state index in [0.29, 0.717) is 17.3 Å². The average molecular weight is 367 g/mol. The molecular weight excluding hydrogens is 338 g/mol. The zero-order chi connectivity index (χ0) is 19.1. The predicted molar refractivity (Wildman–Crippen MR) is 109 cm³/mol. The van der Waals surface area contributed by atoms with Crippen molar-refractivity contribution < 1.29 is 4.79 Å². The molecular formula is C21H29N5O. The molecule has 0 atom stereocenters. The Balaban J connectivity index is 1.84. The molecule has 0 spiro atoms. The first-order valence-electron chi connectivity index (χ1n) is 9.91. The second-order valence-electron chi connectivity index (χ2n) is 6.83. The highest BCUT2D eigenvalue weighted by atomic mass is 16.2. The van der Waals surface area contributed by atoms with Crippen LogP contribution in [0.15, 0.2) is 36.4 Å². The lowest BCUT2D eigenvalue weighted by atomic mass is 10.2. The van der Waals surface area contributed by atoms with Gasteiger partial charge in [-0.05, 0) is 13.0 Å². The third-order valence-corrected chi connectivity index (χ3v) is 4.92. The van der Waals surface area contributed by atoms with Crippen LogP contribution in [0.25, 0.3) is 11.4 Å². The molecule has 0 aliphatic carbocycles. The van der Waals surface area contributed by atoms with Gasteiger partial charge in [0.25, 0.3) is 5.91 Å². The molecule has 0 saturated carbocycles. The molecule has 1 saturated heterocycles. The molecule has 1 N–H and O–H groups in total. The van der Waals surface area contributed by atoms with E-state index in [1.54, 1.807) is 6.07 Å². The molecule has 3 rings (SSSR count). The summed E-state index contributed by atoms with van der Waals surface area (Å²) in [7, 11) is 0. The molecule has 6 nitrogen and oxygen atoms in total. The quantitative estimate of drug-likeness (QED) is 0.762. The van der Waals surface area contributed by atoms with E-state index in [4.69, 9.17) is 0 Å². The molecule has 1 aliphatic rings. The lowest BCUT2D eigenvalue weighted by Crippen LogP contribution is -2.48. The van der Waals surface area contributed by atoms with E-state index < -0.39 is 0 Å². The van der Waals surface area contributed by atoms with Crippen LogP contribution in [0.2, 0.25) is 0 Å². The number of hydrogen-bond acceptors (Lipinski definition) is 5. The maximum atomic E-state index is 13.0. The number of amides is 1. The molecule has 1 aromatic heterocycles. The van der Waals surface area contributed by atoms with Crippen molar-refractivity contribution in [1.29, 1.82) is 0 Å². The van der Waals surface area contributed by atoms with Gasteiger partial charge < -0.3 is 15.1 Å². The van der Waals surface area contributed by atoms with Crippen molar-refractivity contribution >= 4 is 11.7 Å². The van der Waals surface area contributed by atoms with Gasteiger partial charge in [0.2, 0.25) is 0 Å². The molecule has 1 fully saturated rings. The van der Waals surface area contributed by atoms with Crippen molar-refractivity contribution in [3.8, 4) is 11.4 Å². The summed E-state index contributed by atoms with van der Waals surface area (Å²) >= 11 is 0. The normalized spacial score (nSPS) is 15.0. The maximum absolute atomic E-state index is 13.0. The van der Waals surface area contributed by atoms with E-state index >= 15 is 0 Å². The van der Waals surface area contributed by atoms with Crippen LogP contribution in [0.5, 0.6) is 0 Å². The van der Waals surface area contributed by atoms with Crippen molar-refractivity contribution in [3.05, 3.63) is 42.1 Å². The Bertz CT molecular complexity index is 741. The number of unbranched alkanes of at least 4 members (excludes halogenated alkanes) is 1. The number of aromatic nitrogens is 2. The Kier molecular flexibility index (Phi) is 6.76. The predicted octanol–water partition coefficient (Wildman–Crippen LogP) is 3.13. The average Bonchev–Trinajstić information content (AvgIpc) is 2.74. The molecule has 144 valence electrons. The number of anilines is 1. The molecule has 2 aromatic rings. The van der Waals surface area contributed by atoms with E-state index in [2.05, 4.69) is 34.0 Å². The Labute approximate surface area is 161 Å². The topological polar surface area (TPSA) is 61.4 Å². The number of benzene rings is 1. The van der Waals surface area contributed by atoms with E-state index in [9.17, 15) is 4.79 Å². The summed E-state index contributed by atoms with van der Waals surface area (Å²) in [6.07, 6.45) is 2.17. The number of nitrogens with one attached hydrogen (secondary N) is 1. The first kappa shape index (κ1) is 19.3. The smallest absolute Gasteiger partial charge is 0.272 e. The summed E-state index contributed by atoms with van der Waals surface area (Å²) in [6, 6.07) is 11.6. The van der Waals surface area contributed by atoms with E-state index in [-0.39, 0.29) is 5.91 Å². The number of carbonyl (C=O) groups excluding carboxylic acids is 1. The molecule has 0 unspecified atom stereocenters. The first-order valence-corrected chi connectivity index (χ1v) is 9.91. The summed E-state index contributed by atoms with van der Waals surface area (Å²) in [5, 5.41) is 3.34. The fourth-order valence-corrected chi connectivity index (χ4v) is 3.19. The van der Waals surface area contributed by atoms with Crippen molar-refractivity contribution in [2.75, 3.05) is 44.6 Å². The minimum absolute atomic E-state index is 0.0103. The highest BCUT2D eigenvalue weighted by Gasteiger charge is 2.23. The number of nitrogens with zero attached hydrogens (tertiary/aromatic N) is 4. The lowest BCUT2D eigenvalue weighted by molar-refractivity contribution is 0.0637. The number of carbonyl (C=O) groups is 1. The van der Waals surface area contributed by atoms with Crippen LogP contribution in [0, 0.1) is 0 Å². The Morgan fingerprint density at radius 1 is 1.07 bits per heavy atom. The highest BCUT2D eigenvalue weighted by molar-refractivity contribution is 5.93. The van der Waals surface area contributed by atoms with Crippen molar-refractivity contribution in [2.45, 2.75) is 26.7 Å². The van der Waals surface area contributed by atoms with Gasteiger partial charge in [0, 0.05) is 44.4 Å². The van der Waals surface area contributed by atoms with Crippen LogP contribution in [-0.2, 0) is 0 Å². The van der Waals surface area contributed by atoms with E-state index in [0.717, 1.165) is 57.7 Å². The summed E-state index contributed by atoms with van der Waals surface area (Å²) < 4.78 is 0. The number of hydrogen-bond donors (Lipinski definition) is 1. The highest BCUT2D eigenvalue weighted by Crippen LogP contribution is 2.19. The molecule has 6 heteroatoms. The van der Waals surface area contributed by atoms with Gasteiger partial charge in [-0.2, -0.15) is 0 Å². The van der Waals surface area contributed by atoms with Gasteiger partial charge in [-0.3, -0.25) is 4.79 Å². The monoisotopic (exact) mass is 367 g/mol. The van der Waals surface area contributed by atoms with Crippen LogP contribution in [0.3, 0.4) is 0 Å². The minimum Gasteiger partial charge on any atom is -0.370 e. The summed E-state index contributed by atoms with van der Waals surface area (Å²) in [4.78, 5) is 26.5. The van der Waals surface area contributed by atoms with Gasteiger partial charge in [0.05, 0.1) is 0 Å². The maximum Gasteiger partial charge on any atom is 0.272 e. The molecule has 0 bridgehead atoms. The Morgan fingerprint density at radius 2 is 1.81 bits per heavy atom. The number of rotatable bonds is 7. The van der Waals surface area contributed by atoms with Crippen LogP contribution in [0.1, 0.15) is 37.2 Å². The standard InChI is InChI=1S/C21H29N5O/c1-3-5-11-22-19-16-18(21(27)26-14-12-25(4-2)13-15-26)23-20(24-19)17-9-7-6-8-10-17/h6-10,16H,3-5,11-15H2,1-2H3,(H,22,23,24). The molecule has 2 heterocycles. The van der Waals surface area contributed by atoms with Crippen LogP contribution < -0.4 is 5.32 Å². The Morgan fingerprint density at radius 3 is 2.48 bits per heavy atom. The summed E-state index contributed by atoms with van der Waals surface area (Å²) in [6.45, 7) is 9.50. The third-order valence-electron chi connectivity index (χ3n) is 4.92. The minimum atomic E-state index is -0.0103. The largest absolute Gasteiger partial charge is 0.370 e. The number of likely N-dealkylation sites (N-methyl/N-ethyl adjacent to an activating group) is 1.